The molecule has 0 fully saturated rings. The Balaban J connectivity index is 1.93. The Kier molecular flexibility index (Phi) is 7.04. The molecule has 0 spiro atoms. The van der Waals surface area contributed by atoms with Gasteiger partial charge in [0.25, 0.3) is 5.91 Å². The van der Waals surface area contributed by atoms with Crippen LogP contribution in [0.15, 0.2) is 42.5 Å². The maximum Gasteiger partial charge on any atom is 0.282 e. The predicted molar refractivity (Wildman–Crippen MR) is 104 cm³/mol. The van der Waals surface area contributed by atoms with Gasteiger partial charge in [0.2, 0.25) is 0 Å². The Morgan fingerprint density at radius 2 is 1.81 bits per heavy atom. The fraction of sp³-hybridized carbons (Fsp3) is 0.381. The number of carbonyl (C=O) groups excluding carboxylic acids is 1. The SMILES string of the molecule is COc1ccc(CC[NH+](C)[C@@H](C)C(=O)Nc2ccccc2C)cc1OC. The third kappa shape index (κ3) is 4.99. The van der Waals surface area contributed by atoms with E-state index in [2.05, 4.69) is 5.32 Å². The van der Waals surface area contributed by atoms with Crippen LogP contribution in [-0.4, -0.2) is 39.8 Å². The van der Waals surface area contributed by atoms with Crippen LogP contribution in [0.25, 0.3) is 0 Å². The molecular weight excluding hydrogens is 328 g/mol. The van der Waals surface area contributed by atoms with Gasteiger partial charge in [0.1, 0.15) is 0 Å². The van der Waals surface area contributed by atoms with Crippen molar-refractivity contribution in [2.45, 2.75) is 26.3 Å². The number of para-hydroxylation sites is 1. The lowest BCUT2D eigenvalue weighted by molar-refractivity contribution is -0.893. The zero-order valence-corrected chi connectivity index (χ0v) is 16.3. The minimum atomic E-state index is -0.144. The molecular formula is C21H29N2O3+. The van der Waals surface area contributed by atoms with E-state index in [1.807, 2.05) is 63.4 Å². The zero-order chi connectivity index (χ0) is 19.1. The highest BCUT2D eigenvalue weighted by Gasteiger charge is 2.22. The molecule has 140 valence electrons. The Bertz CT molecular complexity index is 746. The first kappa shape index (κ1) is 19.8. The molecule has 0 bridgehead atoms. The van der Waals surface area contributed by atoms with Crippen molar-refractivity contribution < 1.29 is 19.2 Å². The van der Waals surface area contributed by atoms with Crippen LogP contribution in [0, 0.1) is 6.92 Å². The Morgan fingerprint density at radius 1 is 1.12 bits per heavy atom. The van der Waals surface area contributed by atoms with Crippen LogP contribution < -0.4 is 19.7 Å². The number of likely N-dealkylation sites (N-methyl/N-ethyl adjacent to an activating group) is 1. The normalized spacial score (nSPS) is 13.0. The zero-order valence-electron chi connectivity index (χ0n) is 16.3. The summed E-state index contributed by atoms with van der Waals surface area (Å²) in [4.78, 5) is 13.7. The molecule has 2 aromatic carbocycles. The van der Waals surface area contributed by atoms with Crippen molar-refractivity contribution in [2.75, 3.05) is 33.1 Å². The molecule has 2 N–H and O–H groups in total. The number of benzene rings is 2. The van der Waals surface area contributed by atoms with Crippen molar-refractivity contribution in [1.82, 2.24) is 0 Å². The largest absolute Gasteiger partial charge is 0.493 e. The highest BCUT2D eigenvalue weighted by Crippen LogP contribution is 2.27. The van der Waals surface area contributed by atoms with Gasteiger partial charge < -0.3 is 19.7 Å². The topological polar surface area (TPSA) is 52.0 Å². The molecule has 0 heterocycles. The number of hydrogen-bond acceptors (Lipinski definition) is 3. The van der Waals surface area contributed by atoms with Crippen molar-refractivity contribution in [2.24, 2.45) is 0 Å². The highest BCUT2D eigenvalue weighted by atomic mass is 16.5. The lowest BCUT2D eigenvalue weighted by Gasteiger charge is -2.21. The van der Waals surface area contributed by atoms with E-state index in [9.17, 15) is 4.79 Å². The number of rotatable bonds is 8. The number of nitrogens with one attached hydrogen (secondary N) is 2. The van der Waals surface area contributed by atoms with E-state index in [0.29, 0.717) is 0 Å². The van der Waals surface area contributed by atoms with Crippen LogP contribution in [0.3, 0.4) is 0 Å². The number of quaternary nitrogens is 1. The Labute approximate surface area is 155 Å². The third-order valence-electron chi connectivity index (χ3n) is 4.79. The summed E-state index contributed by atoms with van der Waals surface area (Å²) in [5.74, 6) is 1.49. The van der Waals surface area contributed by atoms with Crippen molar-refractivity contribution in [3.63, 3.8) is 0 Å². The summed E-state index contributed by atoms with van der Waals surface area (Å²) in [6, 6.07) is 13.6. The molecule has 1 amide bonds. The van der Waals surface area contributed by atoms with Gasteiger partial charge in [-0.3, -0.25) is 4.79 Å². The van der Waals surface area contributed by atoms with E-state index in [1.165, 1.54) is 0 Å². The van der Waals surface area contributed by atoms with Crippen molar-refractivity contribution in [3.8, 4) is 11.5 Å². The minimum Gasteiger partial charge on any atom is -0.493 e. The second-order valence-corrected chi connectivity index (χ2v) is 6.56. The van der Waals surface area contributed by atoms with Crippen LogP contribution >= 0.6 is 0 Å². The molecule has 2 rings (SSSR count). The van der Waals surface area contributed by atoms with E-state index in [1.54, 1.807) is 14.2 Å². The highest BCUT2D eigenvalue weighted by molar-refractivity contribution is 5.94. The molecule has 0 aliphatic heterocycles. The smallest absolute Gasteiger partial charge is 0.282 e. The fourth-order valence-electron chi connectivity index (χ4n) is 2.77. The molecule has 5 heteroatoms. The molecule has 0 aromatic heterocycles. The summed E-state index contributed by atoms with van der Waals surface area (Å²) >= 11 is 0. The number of anilines is 1. The summed E-state index contributed by atoms with van der Waals surface area (Å²) < 4.78 is 10.6. The second kappa shape index (κ2) is 9.25. The van der Waals surface area contributed by atoms with Gasteiger partial charge in [-0.25, -0.2) is 0 Å². The molecule has 0 aliphatic rings. The minimum absolute atomic E-state index is 0.0316. The monoisotopic (exact) mass is 357 g/mol. The number of ether oxygens (including phenoxy) is 2. The molecule has 0 saturated heterocycles. The number of carbonyl (C=O) groups is 1. The molecule has 5 nitrogen and oxygen atoms in total. The molecule has 2 aromatic rings. The third-order valence-corrected chi connectivity index (χ3v) is 4.79. The quantitative estimate of drug-likeness (QED) is 0.761. The number of methoxy groups -OCH3 is 2. The predicted octanol–water partition coefficient (Wildman–Crippen LogP) is 2.10. The molecule has 0 radical (unpaired) electrons. The van der Waals surface area contributed by atoms with E-state index in [-0.39, 0.29) is 11.9 Å². The van der Waals surface area contributed by atoms with Gasteiger partial charge in [0.15, 0.2) is 17.5 Å². The first-order valence-corrected chi connectivity index (χ1v) is 8.86. The van der Waals surface area contributed by atoms with Crippen molar-refractivity contribution >= 4 is 11.6 Å². The van der Waals surface area contributed by atoms with Crippen molar-refractivity contribution in [3.05, 3.63) is 53.6 Å². The fourth-order valence-corrected chi connectivity index (χ4v) is 2.77. The van der Waals surface area contributed by atoms with E-state index in [0.717, 1.165) is 46.2 Å². The van der Waals surface area contributed by atoms with Gasteiger partial charge in [-0.15, -0.1) is 0 Å². The maximum atomic E-state index is 12.5. The summed E-state index contributed by atoms with van der Waals surface area (Å²) in [6.45, 7) is 4.79. The maximum absolute atomic E-state index is 12.5. The van der Waals surface area contributed by atoms with E-state index >= 15 is 0 Å². The number of aryl methyl sites for hydroxylation is 1. The van der Waals surface area contributed by atoms with Gasteiger partial charge in [0, 0.05) is 12.1 Å². The summed E-state index contributed by atoms with van der Waals surface area (Å²) in [7, 11) is 5.31. The molecule has 1 unspecified atom stereocenters. The average Bonchev–Trinajstić information content (AvgIpc) is 2.66. The van der Waals surface area contributed by atoms with Gasteiger partial charge >= 0.3 is 0 Å². The van der Waals surface area contributed by atoms with Crippen LogP contribution in [0.2, 0.25) is 0 Å². The molecule has 2 atom stereocenters. The Hall–Kier alpha value is -2.53. The first-order valence-electron chi connectivity index (χ1n) is 8.86. The van der Waals surface area contributed by atoms with E-state index < -0.39 is 0 Å². The van der Waals surface area contributed by atoms with Gasteiger partial charge in [-0.1, -0.05) is 24.3 Å². The molecule has 0 aliphatic carbocycles. The van der Waals surface area contributed by atoms with Gasteiger partial charge in [0.05, 0.1) is 27.8 Å². The average molecular weight is 357 g/mol. The summed E-state index contributed by atoms with van der Waals surface area (Å²) in [5, 5.41) is 3.03. The summed E-state index contributed by atoms with van der Waals surface area (Å²) in [5.41, 5.74) is 3.10. The van der Waals surface area contributed by atoms with Crippen LogP contribution in [0.4, 0.5) is 5.69 Å². The van der Waals surface area contributed by atoms with Gasteiger partial charge in [-0.05, 0) is 43.2 Å². The van der Waals surface area contributed by atoms with E-state index in [4.69, 9.17) is 9.47 Å². The Morgan fingerprint density at radius 3 is 2.46 bits per heavy atom. The second-order valence-electron chi connectivity index (χ2n) is 6.56. The first-order chi connectivity index (χ1) is 12.5. The molecule has 26 heavy (non-hydrogen) atoms. The number of amides is 1. The summed E-state index contributed by atoms with van der Waals surface area (Å²) in [6.07, 6.45) is 0.855. The number of hydrogen-bond donors (Lipinski definition) is 2. The lowest BCUT2D eigenvalue weighted by Crippen LogP contribution is -3.14. The van der Waals surface area contributed by atoms with Crippen LogP contribution in [-0.2, 0) is 11.2 Å². The lowest BCUT2D eigenvalue weighted by atomic mass is 10.1. The molecule has 0 saturated carbocycles. The van der Waals surface area contributed by atoms with Crippen LogP contribution in [0.5, 0.6) is 11.5 Å². The standard InChI is InChI=1S/C21H28N2O3/c1-15-8-6-7-9-18(15)22-21(24)16(2)23(3)13-12-17-10-11-19(25-4)20(14-17)26-5/h6-11,14,16H,12-13H2,1-5H3,(H,22,24)/p+1/t16-/m0/s1. The van der Waals surface area contributed by atoms with Crippen molar-refractivity contribution in [1.29, 1.82) is 0 Å². The van der Waals surface area contributed by atoms with Gasteiger partial charge in [-0.2, -0.15) is 0 Å². The van der Waals surface area contributed by atoms with Crippen LogP contribution in [0.1, 0.15) is 18.1 Å².